The molecule has 2 N–H and O–H groups in total. The van der Waals surface area contributed by atoms with E-state index in [9.17, 15) is 8.42 Å². The summed E-state index contributed by atoms with van der Waals surface area (Å²) in [6.07, 6.45) is 2.85. The number of hydrogen-bond donors (Lipinski definition) is 2. The Morgan fingerprint density at radius 2 is 2.19 bits per heavy atom. The average Bonchev–Trinajstić information content (AvgIpc) is 3.04. The van der Waals surface area contributed by atoms with Crippen LogP contribution in [0.2, 0.25) is 0 Å². The van der Waals surface area contributed by atoms with Crippen LogP contribution in [-0.4, -0.2) is 36.8 Å². The number of hydrogen-bond acceptors (Lipinski definition) is 6. The van der Waals surface area contributed by atoms with Crippen LogP contribution in [0.4, 0.5) is 5.13 Å². The van der Waals surface area contributed by atoms with Gasteiger partial charge in [-0.25, -0.2) is 13.4 Å². The molecule has 0 saturated heterocycles. The van der Waals surface area contributed by atoms with Gasteiger partial charge in [0.25, 0.3) is 10.0 Å². The maximum Gasteiger partial charge on any atom is 0.266 e. The molecule has 2 aromatic rings. The summed E-state index contributed by atoms with van der Waals surface area (Å²) in [6, 6.07) is 0. The Bertz CT molecular complexity index is 690. The molecular weight excluding hydrogens is 310 g/mol. The summed E-state index contributed by atoms with van der Waals surface area (Å²) in [5.41, 5.74) is 0.877. The van der Waals surface area contributed by atoms with Gasteiger partial charge in [-0.05, 0) is 13.0 Å². The monoisotopic (exact) mass is 329 g/mol. The minimum atomic E-state index is -3.64. The van der Waals surface area contributed by atoms with Crippen molar-refractivity contribution in [2.75, 3.05) is 18.3 Å². The number of thiazole rings is 1. The summed E-state index contributed by atoms with van der Waals surface area (Å²) in [5, 5.41) is 9.26. The van der Waals surface area contributed by atoms with Crippen LogP contribution < -0.4 is 10.0 Å². The summed E-state index contributed by atoms with van der Waals surface area (Å²) in [4.78, 5) is 4.41. The Balaban J connectivity index is 2.11. The third kappa shape index (κ3) is 4.02. The van der Waals surface area contributed by atoms with Gasteiger partial charge >= 0.3 is 0 Å². The Kier molecular flexibility index (Phi) is 4.96. The van der Waals surface area contributed by atoms with E-state index in [4.69, 9.17) is 0 Å². The molecule has 116 valence electrons. The smallest absolute Gasteiger partial charge is 0.266 e. The second-order valence-corrected chi connectivity index (χ2v) is 7.42. The summed E-state index contributed by atoms with van der Waals surface area (Å²) >= 11 is 1.28. The standard InChI is InChI=1S/C12H19N5O2S2/c1-9(2)11-8-20-12(15-11)16-21(18,19)10-6-14-17(7-10)5-4-13-3/h6-9,13H,4-5H2,1-3H3,(H,15,16). The molecule has 2 rings (SSSR count). The molecule has 2 heterocycles. The Morgan fingerprint density at radius 1 is 1.43 bits per heavy atom. The van der Waals surface area contributed by atoms with E-state index in [0.717, 1.165) is 12.2 Å². The van der Waals surface area contributed by atoms with E-state index in [1.165, 1.54) is 23.7 Å². The van der Waals surface area contributed by atoms with E-state index < -0.39 is 10.0 Å². The van der Waals surface area contributed by atoms with Gasteiger partial charge in [-0.15, -0.1) is 11.3 Å². The lowest BCUT2D eigenvalue weighted by Gasteiger charge is -2.02. The van der Waals surface area contributed by atoms with Crippen LogP contribution in [0.1, 0.15) is 25.5 Å². The van der Waals surface area contributed by atoms with Crippen molar-refractivity contribution in [3.8, 4) is 0 Å². The minimum absolute atomic E-state index is 0.139. The fourth-order valence-electron chi connectivity index (χ4n) is 1.60. The summed E-state index contributed by atoms with van der Waals surface area (Å²) in [7, 11) is -1.80. The number of sulfonamides is 1. The number of anilines is 1. The number of nitrogens with zero attached hydrogens (tertiary/aromatic N) is 3. The topological polar surface area (TPSA) is 88.9 Å². The molecule has 0 aliphatic rings. The zero-order chi connectivity index (χ0) is 15.5. The van der Waals surface area contributed by atoms with Gasteiger partial charge in [0.2, 0.25) is 0 Å². The van der Waals surface area contributed by atoms with Crippen molar-refractivity contribution in [3.05, 3.63) is 23.5 Å². The van der Waals surface area contributed by atoms with Gasteiger partial charge in [-0.2, -0.15) is 5.10 Å². The van der Waals surface area contributed by atoms with E-state index in [-0.39, 0.29) is 10.8 Å². The van der Waals surface area contributed by atoms with Crippen molar-refractivity contribution in [2.45, 2.75) is 31.2 Å². The van der Waals surface area contributed by atoms with Crippen LogP contribution in [-0.2, 0) is 16.6 Å². The van der Waals surface area contributed by atoms with Crippen LogP contribution in [0.15, 0.2) is 22.7 Å². The maximum absolute atomic E-state index is 12.3. The molecule has 0 aliphatic heterocycles. The molecule has 0 atom stereocenters. The van der Waals surface area contributed by atoms with Gasteiger partial charge in [-0.3, -0.25) is 9.40 Å². The summed E-state index contributed by atoms with van der Waals surface area (Å²) < 4.78 is 28.6. The third-order valence-electron chi connectivity index (χ3n) is 2.85. The van der Waals surface area contributed by atoms with E-state index in [0.29, 0.717) is 11.7 Å². The van der Waals surface area contributed by atoms with Crippen molar-refractivity contribution in [3.63, 3.8) is 0 Å². The van der Waals surface area contributed by atoms with Gasteiger partial charge in [0, 0.05) is 18.1 Å². The minimum Gasteiger partial charge on any atom is -0.318 e. The van der Waals surface area contributed by atoms with Crippen molar-refractivity contribution >= 4 is 26.5 Å². The highest BCUT2D eigenvalue weighted by atomic mass is 32.2. The number of rotatable bonds is 7. The first kappa shape index (κ1) is 15.9. The van der Waals surface area contributed by atoms with E-state index in [1.54, 1.807) is 4.68 Å². The highest BCUT2D eigenvalue weighted by molar-refractivity contribution is 7.93. The number of aromatic nitrogens is 3. The molecular formula is C12H19N5O2S2. The Morgan fingerprint density at radius 3 is 2.81 bits per heavy atom. The largest absolute Gasteiger partial charge is 0.318 e. The van der Waals surface area contributed by atoms with E-state index >= 15 is 0 Å². The molecule has 0 fully saturated rings. The van der Waals surface area contributed by atoms with Crippen molar-refractivity contribution in [2.24, 2.45) is 0 Å². The van der Waals surface area contributed by atoms with Gasteiger partial charge in [0.05, 0.1) is 18.4 Å². The number of likely N-dealkylation sites (N-methyl/N-ethyl adjacent to an activating group) is 1. The van der Waals surface area contributed by atoms with E-state index in [2.05, 4.69) is 20.1 Å². The fraction of sp³-hybridized carbons (Fsp3) is 0.500. The molecule has 9 heteroatoms. The van der Waals surface area contributed by atoms with Gasteiger partial charge in [-0.1, -0.05) is 13.8 Å². The highest BCUT2D eigenvalue weighted by Crippen LogP contribution is 2.23. The van der Waals surface area contributed by atoms with Crippen molar-refractivity contribution in [1.29, 1.82) is 0 Å². The molecule has 0 spiro atoms. The molecule has 0 unspecified atom stereocenters. The first-order chi connectivity index (χ1) is 9.92. The lowest BCUT2D eigenvalue weighted by molar-refractivity contribution is 0.582. The van der Waals surface area contributed by atoms with Crippen molar-refractivity contribution in [1.82, 2.24) is 20.1 Å². The third-order valence-corrected chi connectivity index (χ3v) is 5.04. The second-order valence-electron chi connectivity index (χ2n) is 4.88. The quantitative estimate of drug-likeness (QED) is 0.803. The lowest BCUT2D eigenvalue weighted by Crippen LogP contribution is -2.15. The zero-order valence-electron chi connectivity index (χ0n) is 12.2. The fourth-order valence-corrected chi connectivity index (χ4v) is 3.68. The first-order valence-corrected chi connectivity index (χ1v) is 8.94. The molecule has 0 radical (unpaired) electrons. The van der Waals surface area contributed by atoms with Gasteiger partial charge in [0.1, 0.15) is 4.90 Å². The maximum atomic E-state index is 12.3. The second kappa shape index (κ2) is 6.54. The number of nitrogens with one attached hydrogen (secondary N) is 2. The SMILES string of the molecule is CNCCn1cc(S(=O)(=O)Nc2nc(C(C)C)cs2)cn1. The van der Waals surface area contributed by atoms with Crippen LogP contribution >= 0.6 is 11.3 Å². The first-order valence-electron chi connectivity index (χ1n) is 6.57. The van der Waals surface area contributed by atoms with Crippen LogP contribution in [0.3, 0.4) is 0 Å². The lowest BCUT2D eigenvalue weighted by atomic mass is 10.2. The van der Waals surface area contributed by atoms with Crippen molar-refractivity contribution < 1.29 is 8.42 Å². The van der Waals surface area contributed by atoms with Gasteiger partial charge < -0.3 is 5.32 Å². The van der Waals surface area contributed by atoms with E-state index in [1.807, 2.05) is 26.3 Å². The molecule has 21 heavy (non-hydrogen) atoms. The molecule has 7 nitrogen and oxygen atoms in total. The molecule has 0 amide bonds. The molecule has 0 aromatic carbocycles. The van der Waals surface area contributed by atoms with Gasteiger partial charge in [0.15, 0.2) is 5.13 Å². The highest BCUT2D eigenvalue weighted by Gasteiger charge is 2.18. The summed E-state index contributed by atoms with van der Waals surface area (Å²) in [6.45, 7) is 5.36. The van der Waals surface area contributed by atoms with Crippen LogP contribution in [0.5, 0.6) is 0 Å². The normalized spacial score (nSPS) is 12.0. The molecule has 2 aromatic heterocycles. The summed E-state index contributed by atoms with van der Waals surface area (Å²) in [5.74, 6) is 0.267. The Hall–Kier alpha value is -1.45. The predicted octanol–water partition coefficient (Wildman–Crippen LogP) is 1.48. The average molecular weight is 329 g/mol. The van der Waals surface area contributed by atoms with Crippen LogP contribution in [0.25, 0.3) is 0 Å². The predicted molar refractivity (Wildman–Crippen MR) is 83.2 cm³/mol. The molecule has 0 saturated carbocycles. The molecule has 0 bridgehead atoms. The zero-order valence-corrected chi connectivity index (χ0v) is 13.8. The van der Waals surface area contributed by atoms with Crippen LogP contribution in [0, 0.1) is 0 Å². The Labute approximate surface area is 128 Å². The molecule has 0 aliphatic carbocycles.